The topological polar surface area (TPSA) is 24.6 Å². The Morgan fingerprint density at radius 3 is 2.64 bits per heavy atom. The maximum Gasteiger partial charge on any atom is 0.130 e. The van der Waals surface area contributed by atoms with Gasteiger partial charge in [-0.1, -0.05) is 0 Å². The molecule has 2 aliphatic rings. The van der Waals surface area contributed by atoms with Crippen LogP contribution in [0.15, 0.2) is 0 Å². The van der Waals surface area contributed by atoms with Gasteiger partial charge in [-0.25, -0.2) is 0 Å². The van der Waals surface area contributed by atoms with Crippen LogP contribution in [0.5, 0.6) is 0 Å². The Hall–Kier alpha value is -0.120. The van der Waals surface area contributed by atoms with Gasteiger partial charge in [0, 0.05) is 13.1 Å². The standard InChI is InChI=1S/C8H17N2O/c1-10(6-8-7-11-8)4-2-9-3-5-10/h8-9H,2-7H2,1H3/q+1. The van der Waals surface area contributed by atoms with Gasteiger partial charge >= 0.3 is 0 Å². The minimum atomic E-state index is 0.582. The van der Waals surface area contributed by atoms with Crippen LogP contribution >= 0.6 is 0 Å². The molecular weight excluding hydrogens is 140 g/mol. The van der Waals surface area contributed by atoms with E-state index in [4.69, 9.17) is 4.74 Å². The van der Waals surface area contributed by atoms with Gasteiger partial charge in [0.15, 0.2) is 0 Å². The summed E-state index contributed by atoms with van der Waals surface area (Å²) in [4.78, 5) is 0. The molecule has 0 spiro atoms. The van der Waals surface area contributed by atoms with Crippen molar-refractivity contribution >= 4 is 0 Å². The summed E-state index contributed by atoms with van der Waals surface area (Å²) in [7, 11) is 2.34. The normalized spacial score (nSPS) is 35.2. The summed E-state index contributed by atoms with van der Waals surface area (Å²) in [6, 6.07) is 0. The highest BCUT2D eigenvalue weighted by Gasteiger charge is 2.34. The van der Waals surface area contributed by atoms with Crippen LogP contribution in [0.25, 0.3) is 0 Å². The van der Waals surface area contributed by atoms with Crippen LogP contribution in [0.1, 0.15) is 0 Å². The third-order valence-corrected chi connectivity index (χ3v) is 2.70. The van der Waals surface area contributed by atoms with Crippen molar-refractivity contribution < 1.29 is 9.22 Å². The van der Waals surface area contributed by atoms with E-state index in [1.165, 1.54) is 37.2 Å². The van der Waals surface area contributed by atoms with E-state index in [2.05, 4.69) is 12.4 Å². The van der Waals surface area contributed by atoms with Gasteiger partial charge in [0.25, 0.3) is 0 Å². The fourth-order valence-corrected chi connectivity index (χ4v) is 1.78. The first-order valence-electron chi connectivity index (χ1n) is 4.44. The van der Waals surface area contributed by atoms with Gasteiger partial charge in [0.2, 0.25) is 0 Å². The predicted molar refractivity (Wildman–Crippen MR) is 43.4 cm³/mol. The van der Waals surface area contributed by atoms with Gasteiger partial charge < -0.3 is 14.5 Å². The molecule has 1 atom stereocenters. The minimum Gasteiger partial charge on any atom is -0.367 e. The molecule has 11 heavy (non-hydrogen) atoms. The Bertz CT molecular complexity index is 139. The Morgan fingerprint density at radius 2 is 2.09 bits per heavy atom. The maximum atomic E-state index is 5.24. The number of nitrogens with one attached hydrogen (secondary N) is 1. The number of likely N-dealkylation sites (N-methyl/N-ethyl adjacent to an activating group) is 1. The van der Waals surface area contributed by atoms with Crippen molar-refractivity contribution in [3.8, 4) is 0 Å². The molecule has 0 saturated carbocycles. The zero-order chi connectivity index (χ0) is 7.73. The molecule has 0 bridgehead atoms. The van der Waals surface area contributed by atoms with E-state index in [1.54, 1.807) is 0 Å². The lowest BCUT2D eigenvalue weighted by atomic mass is 10.2. The molecule has 3 nitrogen and oxygen atoms in total. The van der Waals surface area contributed by atoms with Crippen LogP contribution in [0, 0.1) is 0 Å². The Morgan fingerprint density at radius 1 is 1.45 bits per heavy atom. The van der Waals surface area contributed by atoms with E-state index < -0.39 is 0 Å². The largest absolute Gasteiger partial charge is 0.367 e. The smallest absolute Gasteiger partial charge is 0.130 e. The molecule has 2 saturated heterocycles. The number of piperazine rings is 1. The van der Waals surface area contributed by atoms with Crippen LogP contribution in [0.4, 0.5) is 0 Å². The third kappa shape index (κ3) is 1.92. The molecule has 1 unspecified atom stereocenters. The number of ether oxygens (including phenoxy) is 1. The molecule has 64 valence electrons. The van der Waals surface area contributed by atoms with Crippen LogP contribution in [-0.2, 0) is 4.74 Å². The molecule has 0 aliphatic carbocycles. The lowest BCUT2D eigenvalue weighted by molar-refractivity contribution is -0.911. The number of epoxide rings is 1. The van der Waals surface area contributed by atoms with Gasteiger partial charge in [0.1, 0.15) is 12.6 Å². The van der Waals surface area contributed by atoms with Gasteiger partial charge in [0.05, 0.1) is 26.7 Å². The van der Waals surface area contributed by atoms with Crippen LogP contribution in [0.2, 0.25) is 0 Å². The summed E-state index contributed by atoms with van der Waals surface area (Å²) < 4.78 is 6.45. The highest BCUT2D eigenvalue weighted by atomic mass is 16.6. The quantitative estimate of drug-likeness (QED) is 0.429. The van der Waals surface area contributed by atoms with Crippen LogP contribution < -0.4 is 5.32 Å². The van der Waals surface area contributed by atoms with Crippen molar-refractivity contribution in [2.45, 2.75) is 6.10 Å². The van der Waals surface area contributed by atoms with Gasteiger partial charge in [-0.05, 0) is 0 Å². The molecular formula is C8H17N2O+. The summed E-state index contributed by atoms with van der Waals surface area (Å²) in [5.74, 6) is 0. The van der Waals surface area contributed by atoms with E-state index >= 15 is 0 Å². The van der Waals surface area contributed by atoms with E-state index in [-0.39, 0.29) is 0 Å². The molecule has 0 aromatic heterocycles. The molecule has 2 fully saturated rings. The summed E-state index contributed by atoms with van der Waals surface area (Å²) in [6.07, 6.45) is 0.582. The first-order chi connectivity index (χ1) is 5.29. The number of rotatable bonds is 2. The van der Waals surface area contributed by atoms with Crippen molar-refractivity contribution in [3.63, 3.8) is 0 Å². The average molecular weight is 157 g/mol. The van der Waals surface area contributed by atoms with Crippen molar-refractivity contribution in [1.82, 2.24) is 5.32 Å². The first kappa shape index (κ1) is 7.53. The Kier molecular flexibility index (Phi) is 1.87. The fraction of sp³-hybridized carbons (Fsp3) is 1.00. The molecule has 3 heteroatoms. The van der Waals surface area contributed by atoms with Crippen molar-refractivity contribution in [1.29, 1.82) is 0 Å². The molecule has 1 N–H and O–H groups in total. The summed E-state index contributed by atoms with van der Waals surface area (Å²) >= 11 is 0. The highest BCUT2D eigenvalue weighted by Crippen LogP contribution is 2.15. The SMILES string of the molecule is C[N+]1(CC2CO2)CCNCC1. The lowest BCUT2D eigenvalue weighted by Crippen LogP contribution is -2.57. The van der Waals surface area contributed by atoms with Gasteiger partial charge in [-0.2, -0.15) is 0 Å². The minimum absolute atomic E-state index is 0.582. The first-order valence-corrected chi connectivity index (χ1v) is 4.44. The number of hydrogen-bond acceptors (Lipinski definition) is 2. The number of quaternary nitrogens is 1. The molecule has 0 aromatic rings. The third-order valence-electron chi connectivity index (χ3n) is 2.70. The van der Waals surface area contributed by atoms with Crippen molar-refractivity contribution in [2.24, 2.45) is 0 Å². The lowest BCUT2D eigenvalue weighted by Gasteiger charge is -2.37. The van der Waals surface area contributed by atoms with E-state index in [1.807, 2.05) is 0 Å². The van der Waals surface area contributed by atoms with Gasteiger partial charge in [-0.3, -0.25) is 0 Å². The van der Waals surface area contributed by atoms with Crippen molar-refractivity contribution in [2.75, 3.05) is 46.4 Å². The molecule has 2 rings (SSSR count). The Labute approximate surface area is 67.9 Å². The number of hydrogen-bond donors (Lipinski definition) is 1. The summed E-state index contributed by atoms with van der Waals surface area (Å²) in [5, 5.41) is 3.38. The predicted octanol–water partition coefficient (Wildman–Crippen LogP) is -0.565. The molecule has 0 amide bonds. The maximum absolute atomic E-state index is 5.24. The summed E-state index contributed by atoms with van der Waals surface area (Å²) in [5.41, 5.74) is 0. The van der Waals surface area contributed by atoms with Crippen LogP contribution in [-0.4, -0.2) is 57.0 Å². The Balaban J connectivity index is 1.84. The molecule has 0 radical (unpaired) electrons. The fourth-order valence-electron chi connectivity index (χ4n) is 1.78. The molecule has 2 aliphatic heterocycles. The monoisotopic (exact) mass is 157 g/mol. The second-order valence-corrected chi connectivity index (χ2v) is 3.95. The zero-order valence-electron chi connectivity index (χ0n) is 7.18. The second kappa shape index (κ2) is 2.73. The molecule has 0 aromatic carbocycles. The summed E-state index contributed by atoms with van der Waals surface area (Å²) in [6.45, 7) is 7.09. The van der Waals surface area contributed by atoms with E-state index in [0.717, 1.165) is 6.61 Å². The second-order valence-electron chi connectivity index (χ2n) is 3.95. The highest BCUT2D eigenvalue weighted by molar-refractivity contribution is 4.69. The zero-order valence-corrected chi connectivity index (χ0v) is 7.18. The van der Waals surface area contributed by atoms with E-state index in [0.29, 0.717) is 6.10 Å². The average Bonchev–Trinajstić information content (AvgIpc) is 2.72. The van der Waals surface area contributed by atoms with E-state index in [9.17, 15) is 0 Å². The number of nitrogens with zero attached hydrogens (tertiary/aromatic N) is 1. The molecule has 2 heterocycles. The van der Waals surface area contributed by atoms with Crippen LogP contribution in [0.3, 0.4) is 0 Å². The van der Waals surface area contributed by atoms with Crippen molar-refractivity contribution in [3.05, 3.63) is 0 Å². The van der Waals surface area contributed by atoms with Gasteiger partial charge in [-0.15, -0.1) is 0 Å².